The Hall–Kier alpha value is -0.820. The SMILES string of the molecule is CCCCCCCCCCCCCCCC[N+](C)(C)C(CCC)(CCC)c1ccccc1CC. The van der Waals surface area contributed by atoms with Crippen molar-refractivity contribution in [3.8, 4) is 0 Å². The summed E-state index contributed by atoms with van der Waals surface area (Å²) in [6.45, 7) is 10.7. The number of benzene rings is 1. The van der Waals surface area contributed by atoms with Gasteiger partial charge in [-0.2, -0.15) is 0 Å². The van der Waals surface area contributed by atoms with E-state index in [4.69, 9.17) is 0 Å². The zero-order valence-electron chi connectivity index (χ0n) is 24.4. The number of rotatable bonds is 22. The van der Waals surface area contributed by atoms with Gasteiger partial charge in [0.05, 0.1) is 20.6 Å². The molecule has 0 saturated heterocycles. The van der Waals surface area contributed by atoms with Gasteiger partial charge in [-0.15, -0.1) is 0 Å². The van der Waals surface area contributed by atoms with Crippen LogP contribution in [0, 0.1) is 0 Å². The molecule has 0 aliphatic rings. The minimum Gasteiger partial charge on any atom is -0.320 e. The average molecular weight is 473 g/mol. The molecule has 0 N–H and O–H groups in total. The topological polar surface area (TPSA) is 0 Å². The van der Waals surface area contributed by atoms with E-state index in [9.17, 15) is 0 Å². The summed E-state index contributed by atoms with van der Waals surface area (Å²) in [5.74, 6) is 0. The van der Waals surface area contributed by atoms with Crippen LogP contribution in [0.3, 0.4) is 0 Å². The molecule has 0 saturated carbocycles. The molecule has 198 valence electrons. The number of hydrogen-bond acceptors (Lipinski definition) is 0. The quantitative estimate of drug-likeness (QED) is 0.116. The lowest BCUT2D eigenvalue weighted by molar-refractivity contribution is -0.951. The van der Waals surface area contributed by atoms with Crippen molar-refractivity contribution in [2.75, 3.05) is 20.6 Å². The van der Waals surface area contributed by atoms with Gasteiger partial charge in [-0.3, -0.25) is 0 Å². The molecule has 0 atom stereocenters. The normalized spacial score (nSPS) is 12.4. The van der Waals surface area contributed by atoms with Crippen LogP contribution < -0.4 is 0 Å². The standard InChI is InChI=1S/C33H62N/c1-7-11-12-13-14-15-16-17-18-19-20-21-22-25-30-34(5,6)33(28-8-2,29-9-3)32-27-24-23-26-31(32)10-4/h23-24,26-27H,7-22,25,28-30H2,1-6H3/q+1. The van der Waals surface area contributed by atoms with Crippen LogP contribution in [0.15, 0.2) is 24.3 Å². The van der Waals surface area contributed by atoms with Gasteiger partial charge in [0.25, 0.3) is 0 Å². The minimum absolute atomic E-state index is 0.257. The van der Waals surface area contributed by atoms with Crippen LogP contribution in [-0.2, 0) is 12.0 Å². The molecule has 1 aromatic carbocycles. The van der Waals surface area contributed by atoms with Gasteiger partial charge in [-0.1, -0.05) is 129 Å². The summed E-state index contributed by atoms with van der Waals surface area (Å²) in [7, 11) is 5.06. The second-order valence-corrected chi connectivity index (χ2v) is 11.5. The van der Waals surface area contributed by atoms with Crippen LogP contribution in [0.25, 0.3) is 0 Å². The molecular weight excluding hydrogens is 410 g/mol. The highest BCUT2D eigenvalue weighted by atomic mass is 15.4. The van der Waals surface area contributed by atoms with Gasteiger partial charge in [0.15, 0.2) is 0 Å². The molecule has 0 heterocycles. The molecule has 0 aliphatic carbocycles. The summed E-state index contributed by atoms with van der Waals surface area (Å²) in [5, 5.41) is 0. The van der Waals surface area contributed by atoms with Gasteiger partial charge in [0.1, 0.15) is 5.54 Å². The Kier molecular flexibility index (Phi) is 16.9. The van der Waals surface area contributed by atoms with E-state index in [-0.39, 0.29) is 5.54 Å². The highest BCUT2D eigenvalue weighted by molar-refractivity contribution is 5.32. The van der Waals surface area contributed by atoms with Crippen LogP contribution in [0.2, 0.25) is 0 Å². The monoisotopic (exact) mass is 472 g/mol. The first kappa shape index (κ1) is 31.2. The van der Waals surface area contributed by atoms with E-state index >= 15 is 0 Å². The summed E-state index contributed by atoms with van der Waals surface area (Å²) in [4.78, 5) is 0. The van der Waals surface area contributed by atoms with Crippen LogP contribution in [0.1, 0.15) is 154 Å². The Morgan fingerprint density at radius 3 is 1.44 bits per heavy atom. The Labute approximate surface area is 215 Å². The van der Waals surface area contributed by atoms with Crippen LogP contribution in [-0.4, -0.2) is 25.1 Å². The Morgan fingerprint density at radius 1 is 0.559 bits per heavy atom. The van der Waals surface area contributed by atoms with E-state index in [1.807, 2.05) is 0 Å². The summed E-state index contributed by atoms with van der Waals surface area (Å²) in [5.41, 5.74) is 3.46. The minimum atomic E-state index is 0.257. The molecule has 1 heteroatoms. The molecule has 0 fully saturated rings. The van der Waals surface area contributed by atoms with E-state index in [1.165, 1.54) is 122 Å². The van der Waals surface area contributed by atoms with E-state index in [2.05, 4.69) is 66.1 Å². The predicted molar refractivity (Wildman–Crippen MR) is 155 cm³/mol. The maximum Gasteiger partial charge on any atom is 0.125 e. The third-order valence-electron chi connectivity index (χ3n) is 8.46. The molecule has 0 unspecified atom stereocenters. The molecule has 34 heavy (non-hydrogen) atoms. The van der Waals surface area contributed by atoms with Crippen molar-refractivity contribution in [1.29, 1.82) is 0 Å². The van der Waals surface area contributed by atoms with E-state index in [0.717, 1.165) is 10.9 Å². The molecule has 0 spiro atoms. The fourth-order valence-electron chi connectivity index (χ4n) is 6.35. The van der Waals surface area contributed by atoms with Gasteiger partial charge in [0.2, 0.25) is 0 Å². The van der Waals surface area contributed by atoms with Crippen molar-refractivity contribution >= 4 is 0 Å². The average Bonchev–Trinajstić information content (AvgIpc) is 2.83. The summed E-state index contributed by atoms with van der Waals surface area (Å²) in [6, 6.07) is 9.34. The van der Waals surface area contributed by atoms with Crippen molar-refractivity contribution in [3.63, 3.8) is 0 Å². The molecule has 0 bridgehead atoms. The smallest absolute Gasteiger partial charge is 0.125 e. The van der Waals surface area contributed by atoms with Crippen LogP contribution in [0.5, 0.6) is 0 Å². The van der Waals surface area contributed by atoms with Crippen molar-refractivity contribution in [2.24, 2.45) is 0 Å². The number of aryl methyl sites for hydroxylation is 1. The zero-order chi connectivity index (χ0) is 25.1. The van der Waals surface area contributed by atoms with Crippen molar-refractivity contribution in [1.82, 2.24) is 0 Å². The van der Waals surface area contributed by atoms with Crippen LogP contribution in [0.4, 0.5) is 0 Å². The number of unbranched alkanes of at least 4 members (excludes halogenated alkanes) is 13. The number of quaternary nitrogens is 1. The van der Waals surface area contributed by atoms with Gasteiger partial charge in [-0.25, -0.2) is 0 Å². The Bertz CT molecular complexity index is 596. The van der Waals surface area contributed by atoms with Crippen molar-refractivity contribution in [3.05, 3.63) is 35.4 Å². The molecule has 1 rings (SSSR count). The van der Waals surface area contributed by atoms with Crippen molar-refractivity contribution in [2.45, 2.75) is 155 Å². The highest BCUT2D eigenvalue weighted by Gasteiger charge is 2.46. The molecule has 0 radical (unpaired) electrons. The molecule has 0 amide bonds. The lowest BCUT2D eigenvalue weighted by Crippen LogP contribution is -2.58. The predicted octanol–water partition coefficient (Wildman–Crippen LogP) is 10.6. The Balaban J connectivity index is 2.44. The highest BCUT2D eigenvalue weighted by Crippen LogP contribution is 2.43. The molecule has 1 nitrogen and oxygen atoms in total. The van der Waals surface area contributed by atoms with Gasteiger partial charge >= 0.3 is 0 Å². The summed E-state index contributed by atoms with van der Waals surface area (Å²) in [6.07, 6.45) is 26.4. The molecule has 0 aliphatic heterocycles. The van der Waals surface area contributed by atoms with E-state index in [1.54, 1.807) is 11.1 Å². The molecule has 1 aromatic rings. The lowest BCUT2D eigenvalue weighted by atomic mass is 9.76. The van der Waals surface area contributed by atoms with Gasteiger partial charge < -0.3 is 4.48 Å². The first-order valence-corrected chi connectivity index (χ1v) is 15.4. The first-order valence-electron chi connectivity index (χ1n) is 15.4. The summed E-state index contributed by atoms with van der Waals surface area (Å²) < 4.78 is 1.14. The number of nitrogens with zero attached hydrogens (tertiary/aromatic N) is 1. The third kappa shape index (κ3) is 10.4. The second kappa shape index (κ2) is 18.4. The molecular formula is C33H62N+. The summed E-state index contributed by atoms with van der Waals surface area (Å²) >= 11 is 0. The second-order valence-electron chi connectivity index (χ2n) is 11.5. The van der Waals surface area contributed by atoms with Crippen molar-refractivity contribution < 1.29 is 4.48 Å². The lowest BCUT2D eigenvalue weighted by Gasteiger charge is -2.50. The fraction of sp³-hybridized carbons (Fsp3) is 0.818. The van der Waals surface area contributed by atoms with Gasteiger partial charge in [0, 0.05) is 18.4 Å². The zero-order valence-corrected chi connectivity index (χ0v) is 24.4. The fourth-order valence-corrected chi connectivity index (χ4v) is 6.35. The maximum atomic E-state index is 2.53. The largest absolute Gasteiger partial charge is 0.320 e. The van der Waals surface area contributed by atoms with E-state index < -0.39 is 0 Å². The van der Waals surface area contributed by atoms with Gasteiger partial charge in [-0.05, 0) is 37.7 Å². The third-order valence-corrected chi connectivity index (χ3v) is 8.46. The number of hydrogen-bond donors (Lipinski definition) is 0. The van der Waals surface area contributed by atoms with E-state index in [0.29, 0.717) is 0 Å². The Morgan fingerprint density at radius 2 is 1.00 bits per heavy atom. The first-order chi connectivity index (χ1) is 16.5. The maximum absolute atomic E-state index is 2.53. The van der Waals surface area contributed by atoms with Crippen LogP contribution >= 0.6 is 0 Å². The molecule has 0 aromatic heterocycles.